The maximum absolute atomic E-state index is 5.46. The van der Waals surface area contributed by atoms with Gasteiger partial charge in [0.1, 0.15) is 0 Å². The predicted molar refractivity (Wildman–Crippen MR) is 48.5 cm³/mol. The Morgan fingerprint density at radius 1 is 1.27 bits per heavy atom. The second-order valence-electron chi connectivity index (χ2n) is 3.43. The fraction of sp³-hybridized carbons (Fsp3) is 1.00. The van der Waals surface area contributed by atoms with E-state index in [2.05, 4.69) is 5.32 Å². The van der Waals surface area contributed by atoms with Gasteiger partial charge in [-0.25, -0.2) is 0 Å². The second-order valence-corrected chi connectivity index (χ2v) is 3.43. The number of rotatable bonds is 3. The SMILES string of the molecule is NCCC[C@@H]1CCCCCN1. The number of nitrogens with two attached hydrogens (primary N) is 1. The highest BCUT2D eigenvalue weighted by Crippen LogP contribution is 2.11. The first-order chi connectivity index (χ1) is 5.43. The van der Waals surface area contributed by atoms with Crippen LogP contribution in [0.2, 0.25) is 0 Å². The Hall–Kier alpha value is -0.0800. The van der Waals surface area contributed by atoms with E-state index < -0.39 is 0 Å². The van der Waals surface area contributed by atoms with E-state index in [9.17, 15) is 0 Å². The molecule has 0 amide bonds. The summed E-state index contributed by atoms with van der Waals surface area (Å²) in [5.74, 6) is 0. The molecule has 1 heterocycles. The van der Waals surface area contributed by atoms with Gasteiger partial charge in [-0.2, -0.15) is 0 Å². The van der Waals surface area contributed by atoms with Crippen LogP contribution in [0.15, 0.2) is 0 Å². The number of hydrogen-bond acceptors (Lipinski definition) is 2. The van der Waals surface area contributed by atoms with Crippen molar-refractivity contribution in [3.63, 3.8) is 0 Å². The molecule has 1 atom stereocenters. The topological polar surface area (TPSA) is 38.0 Å². The van der Waals surface area contributed by atoms with Crippen molar-refractivity contribution in [2.45, 2.75) is 44.6 Å². The largest absolute Gasteiger partial charge is 0.330 e. The van der Waals surface area contributed by atoms with Gasteiger partial charge in [0.05, 0.1) is 0 Å². The van der Waals surface area contributed by atoms with Crippen molar-refractivity contribution >= 4 is 0 Å². The van der Waals surface area contributed by atoms with Crippen molar-refractivity contribution in [2.24, 2.45) is 5.73 Å². The molecule has 0 aliphatic carbocycles. The molecule has 1 rings (SSSR count). The average Bonchev–Trinajstić information content (AvgIpc) is 2.28. The molecular formula is C9H20N2. The molecule has 0 radical (unpaired) electrons. The molecule has 2 heteroatoms. The maximum Gasteiger partial charge on any atom is 0.00675 e. The molecule has 1 aliphatic heterocycles. The molecule has 0 spiro atoms. The molecule has 2 nitrogen and oxygen atoms in total. The third-order valence-corrected chi connectivity index (χ3v) is 2.42. The van der Waals surface area contributed by atoms with Crippen LogP contribution in [-0.2, 0) is 0 Å². The van der Waals surface area contributed by atoms with Crippen molar-refractivity contribution in [1.29, 1.82) is 0 Å². The molecule has 1 fully saturated rings. The molecular weight excluding hydrogens is 136 g/mol. The zero-order valence-corrected chi connectivity index (χ0v) is 7.31. The molecule has 0 bridgehead atoms. The first-order valence-corrected chi connectivity index (χ1v) is 4.87. The Morgan fingerprint density at radius 3 is 3.00 bits per heavy atom. The Morgan fingerprint density at radius 2 is 2.18 bits per heavy atom. The molecule has 1 aliphatic rings. The fourth-order valence-corrected chi connectivity index (χ4v) is 1.71. The predicted octanol–water partition coefficient (Wildman–Crippen LogP) is 1.26. The van der Waals surface area contributed by atoms with Crippen LogP contribution in [0.1, 0.15) is 38.5 Å². The molecule has 1 saturated heterocycles. The van der Waals surface area contributed by atoms with Crippen molar-refractivity contribution < 1.29 is 0 Å². The number of nitrogens with one attached hydrogen (secondary N) is 1. The summed E-state index contributed by atoms with van der Waals surface area (Å²) in [6, 6.07) is 0.765. The highest BCUT2D eigenvalue weighted by molar-refractivity contribution is 4.70. The van der Waals surface area contributed by atoms with Crippen LogP contribution in [0.4, 0.5) is 0 Å². The van der Waals surface area contributed by atoms with E-state index in [-0.39, 0.29) is 0 Å². The summed E-state index contributed by atoms with van der Waals surface area (Å²) >= 11 is 0. The summed E-state index contributed by atoms with van der Waals surface area (Å²) in [5.41, 5.74) is 5.46. The van der Waals surface area contributed by atoms with Crippen LogP contribution in [0, 0.1) is 0 Å². The molecule has 66 valence electrons. The minimum absolute atomic E-state index is 0.765. The Kier molecular flexibility index (Phi) is 4.55. The van der Waals surface area contributed by atoms with Gasteiger partial charge in [-0.05, 0) is 38.8 Å². The van der Waals surface area contributed by atoms with Crippen LogP contribution in [0.5, 0.6) is 0 Å². The normalized spacial score (nSPS) is 26.5. The van der Waals surface area contributed by atoms with Gasteiger partial charge in [-0.3, -0.25) is 0 Å². The highest BCUT2D eigenvalue weighted by atomic mass is 14.9. The fourth-order valence-electron chi connectivity index (χ4n) is 1.71. The first-order valence-electron chi connectivity index (χ1n) is 4.87. The molecule has 0 aromatic rings. The van der Waals surface area contributed by atoms with E-state index in [1.807, 2.05) is 0 Å². The lowest BCUT2D eigenvalue weighted by molar-refractivity contribution is 0.467. The smallest absolute Gasteiger partial charge is 0.00675 e. The van der Waals surface area contributed by atoms with Crippen LogP contribution < -0.4 is 11.1 Å². The molecule has 0 aromatic carbocycles. The standard InChI is InChI=1S/C9H20N2/c10-7-4-6-9-5-2-1-3-8-11-9/h9,11H,1-8,10H2/t9-/m0/s1. The summed E-state index contributed by atoms with van der Waals surface area (Å²) in [6.45, 7) is 2.06. The third-order valence-electron chi connectivity index (χ3n) is 2.42. The lowest BCUT2D eigenvalue weighted by atomic mass is 10.1. The van der Waals surface area contributed by atoms with E-state index in [1.165, 1.54) is 45.1 Å². The zero-order chi connectivity index (χ0) is 7.94. The third kappa shape index (κ3) is 3.73. The highest BCUT2D eigenvalue weighted by Gasteiger charge is 2.09. The van der Waals surface area contributed by atoms with E-state index >= 15 is 0 Å². The summed E-state index contributed by atoms with van der Waals surface area (Å²) in [5, 5.41) is 3.56. The minimum Gasteiger partial charge on any atom is -0.330 e. The van der Waals surface area contributed by atoms with Crippen LogP contribution in [-0.4, -0.2) is 19.1 Å². The first kappa shape index (κ1) is 9.01. The average molecular weight is 156 g/mol. The van der Waals surface area contributed by atoms with Crippen LogP contribution >= 0.6 is 0 Å². The van der Waals surface area contributed by atoms with Gasteiger partial charge in [0.25, 0.3) is 0 Å². The van der Waals surface area contributed by atoms with Crippen LogP contribution in [0.3, 0.4) is 0 Å². The Labute approximate surface area is 69.5 Å². The van der Waals surface area contributed by atoms with Gasteiger partial charge in [-0.1, -0.05) is 12.8 Å². The monoisotopic (exact) mass is 156 g/mol. The summed E-state index contributed by atoms with van der Waals surface area (Å²) in [7, 11) is 0. The van der Waals surface area contributed by atoms with Crippen molar-refractivity contribution in [3.8, 4) is 0 Å². The summed E-state index contributed by atoms with van der Waals surface area (Å²) < 4.78 is 0. The second kappa shape index (κ2) is 5.56. The van der Waals surface area contributed by atoms with E-state index in [4.69, 9.17) is 5.73 Å². The van der Waals surface area contributed by atoms with Gasteiger partial charge >= 0.3 is 0 Å². The lowest BCUT2D eigenvalue weighted by Gasteiger charge is -2.14. The van der Waals surface area contributed by atoms with Crippen molar-refractivity contribution in [2.75, 3.05) is 13.1 Å². The molecule has 0 saturated carbocycles. The zero-order valence-electron chi connectivity index (χ0n) is 7.31. The van der Waals surface area contributed by atoms with Gasteiger partial charge in [-0.15, -0.1) is 0 Å². The Balaban J connectivity index is 2.09. The van der Waals surface area contributed by atoms with E-state index in [0.29, 0.717) is 0 Å². The van der Waals surface area contributed by atoms with E-state index in [0.717, 1.165) is 12.6 Å². The van der Waals surface area contributed by atoms with Crippen molar-refractivity contribution in [1.82, 2.24) is 5.32 Å². The van der Waals surface area contributed by atoms with Gasteiger partial charge in [0.15, 0.2) is 0 Å². The summed E-state index contributed by atoms with van der Waals surface area (Å²) in [4.78, 5) is 0. The molecule has 3 N–H and O–H groups in total. The Bertz CT molecular complexity index is 85.6. The van der Waals surface area contributed by atoms with Crippen LogP contribution in [0.25, 0.3) is 0 Å². The summed E-state index contributed by atoms with van der Waals surface area (Å²) in [6.07, 6.45) is 7.99. The van der Waals surface area contributed by atoms with Crippen molar-refractivity contribution in [3.05, 3.63) is 0 Å². The van der Waals surface area contributed by atoms with Gasteiger partial charge in [0, 0.05) is 6.04 Å². The minimum atomic E-state index is 0.765. The molecule has 0 unspecified atom stereocenters. The molecule has 0 aromatic heterocycles. The number of hydrogen-bond donors (Lipinski definition) is 2. The quantitative estimate of drug-likeness (QED) is 0.645. The lowest BCUT2D eigenvalue weighted by Crippen LogP contribution is -2.28. The van der Waals surface area contributed by atoms with Gasteiger partial charge in [0.2, 0.25) is 0 Å². The maximum atomic E-state index is 5.46. The van der Waals surface area contributed by atoms with E-state index in [1.54, 1.807) is 0 Å². The molecule has 11 heavy (non-hydrogen) atoms. The van der Waals surface area contributed by atoms with Gasteiger partial charge < -0.3 is 11.1 Å².